The van der Waals surface area contributed by atoms with Crippen molar-refractivity contribution in [3.8, 4) is 17.0 Å². The highest BCUT2D eigenvalue weighted by Gasteiger charge is 2.44. The Labute approximate surface area is 224 Å². The number of ether oxygens (including phenoxy) is 2. The van der Waals surface area contributed by atoms with E-state index in [-0.39, 0.29) is 30.2 Å². The molecule has 3 aromatic carbocycles. The molecule has 1 saturated heterocycles. The van der Waals surface area contributed by atoms with Crippen LogP contribution in [0.5, 0.6) is 5.75 Å². The van der Waals surface area contributed by atoms with E-state index in [1.807, 2.05) is 84.9 Å². The number of para-hydroxylation sites is 1. The summed E-state index contributed by atoms with van der Waals surface area (Å²) in [5.74, 6) is 0.584. The van der Waals surface area contributed by atoms with Gasteiger partial charge in [0.1, 0.15) is 12.4 Å². The Balaban J connectivity index is 1.25. The summed E-state index contributed by atoms with van der Waals surface area (Å²) in [6, 6.07) is 26.8. The van der Waals surface area contributed by atoms with E-state index in [4.69, 9.17) is 9.47 Å². The van der Waals surface area contributed by atoms with Crippen LogP contribution in [0.15, 0.2) is 89.7 Å². The van der Waals surface area contributed by atoms with Gasteiger partial charge in [0.2, 0.25) is 0 Å². The van der Waals surface area contributed by atoms with Crippen molar-refractivity contribution in [3.63, 3.8) is 0 Å². The van der Waals surface area contributed by atoms with Crippen molar-refractivity contribution in [1.29, 1.82) is 0 Å². The van der Waals surface area contributed by atoms with Crippen LogP contribution in [-0.4, -0.2) is 58.5 Å². The van der Waals surface area contributed by atoms with Gasteiger partial charge < -0.3 is 24.5 Å². The molecule has 3 heterocycles. The lowest BCUT2D eigenvalue weighted by atomic mass is 9.91. The van der Waals surface area contributed by atoms with E-state index in [2.05, 4.69) is 9.97 Å². The van der Waals surface area contributed by atoms with Crippen molar-refractivity contribution in [3.05, 3.63) is 101 Å². The van der Waals surface area contributed by atoms with Gasteiger partial charge in [-0.15, -0.1) is 0 Å². The number of nitrogens with zero attached hydrogens (tertiary/aromatic N) is 1. The van der Waals surface area contributed by atoms with Gasteiger partial charge in [0.05, 0.1) is 29.9 Å². The zero-order valence-electron chi connectivity index (χ0n) is 21.5. The van der Waals surface area contributed by atoms with Crippen LogP contribution in [0.4, 0.5) is 4.79 Å². The maximum atomic E-state index is 12.8. The van der Waals surface area contributed by atoms with Crippen molar-refractivity contribution in [2.75, 3.05) is 20.3 Å². The van der Waals surface area contributed by atoms with Gasteiger partial charge in [-0.05, 0) is 53.8 Å². The molecule has 0 radical (unpaired) electrons. The average molecular weight is 524 g/mol. The van der Waals surface area contributed by atoms with Crippen molar-refractivity contribution in [2.45, 2.75) is 18.6 Å². The number of carboxylic acid groups (broad SMARTS) is 1. The largest absolute Gasteiger partial charge is 0.491 e. The van der Waals surface area contributed by atoms with Crippen LogP contribution < -0.4 is 10.3 Å². The molecule has 1 aliphatic rings. The van der Waals surface area contributed by atoms with E-state index in [1.165, 1.54) is 4.90 Å². The number of pyridine rings is 1. The topological polar surface area (TPSA) is 108 Å². The van der Waals surface area contributed by atoms with Crippen molar-refractivity contribution in [1.82, 2.24) is 14.9 Å². The highest BCUT2D eigenvalue weighted by Crippen LogP contribution is 2.32. The van der Waals surface area contributed by atoms with Gasteiger partial charge in [0.25, 0.3) is 5.56 Å². The number of rotatable bonds is 7. The van der Waals surface area contributed by atoms with Crippen molar-refractivity contribution >= 4 is 27.9 Å². The first kappa shape index (κ1) is 24.8. The third-order valence-corrected chi connectivity index (χ3v) is 7.67. The van der Waals surface area contributed by atoms with Crippen LogP contribution in [0.2, 0.25) is 0 Å². The number of aromatic amines is 2. The molecule has 1 amide bonds. The van der Waals surface area contributed by atoms with Crippen LogP contribution >= 0.6 is 0 Å². The molecule has 6 rings (SSSR count). The van der Waals surface area contributed by atoms with E-state index in [0.717, 1.165) is 27.4 Å². The Kier molecular flexibility index (Phi) is 6.54. The number of amides is 1. The second kappa shape index (κ2) is 10.3. The highest BCUT2D eigenvalue weighted by molar-refractivity contribution is 5.89. The van der Waals surface area contributed by atoms with Gasteiger partial charge in [-0.25, -0.2) is 4.79 Å². The molecule has 1 aliphatic heterocycles. The fourth-order valence-electron chi connectivity index (χ4n) is 5.65. The molecule has 8 nitrogen and oxygen atoms in total. The molecule has 0 bridgehead atoms. The minimum atomic E-state index is -0.979. The summed E-state index contributed by atoms with van der Waals surface area (Å²) in [4.78, 5) is 32.6. The lowest BCUT2D eigenvalue weighted by molar-refractivity contribution is 0.0718. The highest BCUT2D eigenvalue weighted by atomic mass is 16.5. The Morgan fingerprint density at radius 2 is 1.72 bits per heavy atom. The molecule has 3 atom stereocenters. The second-order valence-corrected chi connectivity index (χ2v) is 9.97. The van der Waals surface area contributed by atoms with Gasteiger partial charge in [-0.1, -0.05) is 48.5 Å². The van der Waals surface area contributed by atoms with Gasteiger partial charge >= 0.3 is 6.09 Å². The molecule has 2 aromatic heterocycles. The number of likely N-dealkylation sites (tertiary alicyclic amines) is 1. The number of H-pyrrole nitrogens is 2. The van der Waals surface area contributed by atoms with Gasteiger partial charge in [0.15, 0.2) is 0 Å². The predicted octanol–water partition coefficient (Wildman–Crippen LogP) is 5.29. The van der Waals surface area contributed by atoms with Gasteiger partial charge in [-0.3, -0.25) is 9.69 Å². The number of hydrogen-bond donors (Lipinski definition) is 3. The molecular formula is C31H29N3O5. The number of aromatic nitrogens is 2. The SMILES string of the molecule is CO[C@H]1CN(C(=O)O)[C@H](COc2ccc3[nH]c(-c4cc5ccccc5[nH]c4=O)cc3c2)C1Cc1ccccc1. The monoisotopic (exact) mass is 523 g/mol. The van der Waals surface area contributed by atoms with Crippen molar-refractivity contribution < 1.29 is 19.4 Å². The fourth-order valence-corrected chi connectivity index (χ4v) is 5.65. The van der Waals surface area contributed by atoms with Crippen molar-refractivity contribution in [2.24, 2.45) is 5.92 Å². The summed E-state index contributed by atoms with van der Waals surface area (Å²) in [5.41, 5.74) is 3.91. The molecule has 1 unspecified atom stereocenters. The molecule has 0 spiro atoms. The second-order valence-electron chi connectivity index (χ2n) is 9.97. The number of fused-ring (bicyclic) bond motifs is 2. The first-order valence-corrected chi connectivity index (χ1v) is 12.9. The summed E-state index contributed by atoms with van der Waals surface area (Å²) in [6.45, 7) is 0.509. The van der Waals surface area contributed by atoms with Crippen LogP contribution in [-0.2, 0) is 11.2 Å². The first-order chi connectivity index (χ1) is 19.0. The normalized spacial score (nSPS) is 19.1. The standard InChI is InChI=1S/C31H29N3O5/c1-38-29-17-34(31(36)37)28(24(29)13-19-7-3-2-4-8-19)18-39-22-11-12-26-21(14-22)16-27(32-26)23-15-20-9-5-6-10-25(20)33-30(23)35/h2-12,14-16,24,28-29,32H,13,17-18H2,1H3,(H,33,35)(H,36,37)/t24?,28-,29+/m1/s1. The zero-order valence-corrected chi connectivity index (χ0v) is 21.5. The van der Waals surface area contributed by atoms with Crippen LogP contribution in [0.1, 0.15) is 5.56 Å². The average Bonchev–Trinajstić information content (AvgIpc) is 3.53. The maximum Gasteiger partial charge on any atom is 0.407 e. The molecule has 198 valence electrons. The predicted molar refractivity (Wildman–Crippen MR) is 150 cm³/mol. The van der Waals surface area contributed by atoms with E-state index < -0.39 is 6.09 Å². The Morgan fingerprint density at radius 1 is 0.949 bits per heavy atom. The summed E-state index contributed by atoms with van der Waals surface area (Å²) < 4.78 is 11.9. The molecule has 39 heavy (non-hydrogen) atoms. The lowest BCUT2D eigenvalue weighted by Gasteiger charge is -2.26. The third-order valence-electron chi connectivity index (χ3n) is 7.67. The zero-order chi connectivity index (χ0) is 26.9. The molecule has 8 heteroatoms. The van der Waals surface area contributed by atoms with Crippen LogP contribution in [0.25, 0.3) is 33.1 Å². The Hall–Kier alpha value is -4.56. The number of hydrogen-bond acceptors (Lipinski definition) is 4. The first-order valence-electron chi connectivity index (χ1n) is 12.9. The third kappa shape index (κ3) is 4.86. The summed E-state index contributed by atoms with van der Waals surface area (Å²) in [7, 11) is 1.63. The fraction of sp³-hybridized carbons (Fsp3) is 0.226. The quantitative estimate of drug-likeness (QED) is 0.269. The Bertz CT molecular complexity index is 1690. The number of nitrogens with one attached hydrogen (secondary N) is 2. The molecular weight excluding hydrogens is 494 g/mol. The minimum absolute atomic E-state index is 0.0456. The smallest absolute Gasteiger partial charge is 0.407 e. The summed E-state index contributed by atoms with van der Waals surface area (Å²) in [6.07, 6.45) is -0.505. The van der Waals surface area contributed by atoms with Gasteiger partial charge in [-0.2, -0.15) is 0 Å². The number of benzene rings is 3. The molecule has 0 aliphatic carbocycles. The molecule has 3 N–H and O–H groups in total. The maximum absolute atomic E-state index is 12.8. The van der Waals surface area contributed by atoms with E-state index in [0.29, 0.717) is 30.0 Å². The van der Waals surface area contributed by atoms with E-state index in [1.54, 1.807) is 7.11 Å². The summed E-state index contributed by atoms with van der Waals surface area (Å²) in [5, 5.41) is 11.7. The van der Waals surface area contributed by atoms with Crippen LogP contribution in [0, 0.1) is 5.92 Å². The minimum Gasteiger partial charge on any atom is -0.491 e. The number of methoxy groups -OCH3 is 1. The molecule has 1 fully saturated rings. The van der Waals surface area contributed by atoms with E-state index >= 15 is 0 Å². The van der Waals surface area contributed by atoms with Crippen LogP contribution in [0.3, 0.4) is 0 Å². The van der Waals surface area contributed by atoms with E-state index in [9.17, 15) is 14.7 Å². The molecule has 0 saturated carbocycles. The summed E-state index contributed by atoms with van der Waals surface area (Å²) >= 11 is 0. The number of carbonyl (C=O) groups is 1. The molecule has 5 aromatic rings. The van der Waals surface area contributed by atoms with Gasteiger partial charge in [0, 0.05) is 29.4 Å². The lowest BCUT2D eigenvalue weighted by Crippen LogP contribution is -2.41. The Morgan fingerprint density at radius 3 is 2.51 bits per heavy atom.